The molecule has 0 radical (unpaired) electrons. The molecular weight excluding hydrogens is 252 g/mol. The van der Waals surface area contributed by atoms with Crippen LogP contribution in [0.25, 0.3) is 0 Å². The van der Waals surface area contributed by atoms with Crippen LogP contribution in [0.5, 0.6) is 0 Å². The van der Waals surface area contributed by atoms with Gasteiger partial charge >= 0.3 is 0 Å². The predicted octanol–water partition coefficient (Wildman–Crippen LogP) is 4.69. The lowest BCUT2D eigenvalue weighted by Gasteiger charge is -2.19. The summed E-state index contributed by atoms with van der Waals surface area (Å²) in [4.78, 5) is -0.987. The normalized spacial score (nSPS) is 16.7. The Morgan fingerprint density at radius 1 is 1.33 bits per heavy atom. The Labute approximate surface area is 108 Å². The molecule has 0 aliphatic carbocycles. The van der Waals surface area contributed by atoms with Gasteiger partial charge in [-0.2, -0.15) is 5.26 Å². The summed E-state index contributed by atoms with van der Waals surface area (Å²) in [6, 6.07) is 2.01. The summed E-state index contributed by atoms with van der Waals surface area (Å²) in [5, 5.41) is 8.78. The van der Waals surface area contributed by atoms with Crippen molar-refractivity contribution in [2.75, 3.05) is 5.88 Å². The molecule has 0 amide bonds. The van der Waals surface area contributed by atoms with Gasteiger partial charge in [0.25, 0.3) is 0 Å². The van der Waals surface area contributed by atoms with E-state index in [1.807, 2.05) is 6.07 Å². The first-order valence-corrected chi connectivity index (χ1v) is 6.73. The maximum Gasteiger partial charge on any atom is 0.145 e. The molecule has 0 saturated heterocycles. The molecule has 2 atom stereocenters. The minimum atomic E-state index is -0.987. The van der Waals surface area contributed by atoms with Gasteiger partial charge in [-0.1, -0.05) is 32.6 Å². The van der Waals surface area contributed by atoms with E-state index in [1.54, 1.807) is 0 Å². The van der Waals surface area contributed by atoms with E-state index in [-0.39, 0.29) is 11.3 Å². The molecule has 4 heteroatoms. The van der Waals surface area contributed by atoms with E-state index in [1.165, 1.54) is 19.3 Å². The molecule has 0 bridgehead atoms. The molecule has 88 valence electrons. The van der Waals surface area contributed by atoms with Crippen molar-refractivity contribution < 1.29 is 0 Å². The molecule has 0 aliphatic heterocycles. The zero-order valence-electron chi connectivity index (χ0n) is 9.11. The van der Waals surface area contributed by atoms with Gasteiger partial charge < -0.3 is 0 Å². The molecule has 0 fully saturated rings. The second kappa shape index (κ2) is 8.50. The summed E-state index contributed by atoms with van der Waals surface area (Å²) >= 11 is 17.7. The van der Waals surface area contributed by atoms with Crippen LogP contribution in [0.4, 0.5) is 0 Å². The summed E-state index contributed by atoms with van der Waals surface area (Å²) in [5.41, 5.74) is 0. The van der Waals surface area contributed by atoms with Gasteiger partial charge in [0.15, 0.2) is 0 Å². The molecule has 0 aromatic heterocycles. The second-order valence-corrected chi connectivity index (χ2v) is 5.47. The highest BCUT2D eigenvalue weighted by molar-refractivity contribution is 6.33. The van der Waals surface area contributed by atoms with Crippen LogP contribution in [-0.4, -0.2) is 16.1 Å². The smallest absolute Gasteiger partial charge is 0.145 e. The summed E-state index contributed by atoms with van der Waals surface area (Å²) in [6.45, 7) is 2.17. The van der Waals surface area contributed by atoms with Gasteiger partial charge in [-0.05, 0) is 12.8 Å². The van der Waals surface area contributed by atoms with Crippen LogP contribution >= 0.6 is 34.8 Å². The van der Waals surface area contributed by atoms with E-state index in [4.69, 9.17) is 40.1 Å². The summed E-state index contributed by atoms with van der Waals surface area (Å²) in [7, 11) is 0. The third-order valence-corrected chi connectivity index (χ3v) is 3.67. The van der Waals surface area contributed by atoms with Crippen molar-refractivity contribution >= 4 is 34.8 Å². The fourth-order valence-corrected chi connectivity index (χ4v) is 2.23. The monoisotopic (exact) mass is 269 g/mol. The van der Waals surface area contributed by atoms with Crippen LogP contribution in [0.2, 0.25) is 0 Å². The van der Waals surface area contributed by atoms with Gasteiger partial charge in [0.05, 0.1) is 11.9 Å². The predicted molar refractivity (Wildman–Crippen MR) is 67.9 cm³/mol. The van der Waals surface area contributed by atoms with Crippen molar-refractivity contribution in [3.05, 3.63) is 0 Å². The average molecular weight is 271 g/mol. The fraction of sp³-hybridized carbons (Fsp3) is 0.909. The Morgan fingerprint density at radius 2 is 2.00 bits per heavy atom. The van der Waals surface area contributed by atoms with Gasteiger partial charge in [-0.3, -0.25) is 0 Å². The lowest BCUT2D eigenvalue weighted by Crippen LogP contribution is -2.25. The maximum atomic E-state index is 8.82. The summed E-state index contributed by atoms with van der Waals surface area (Å²) in [6.07, 6.45) is 6.12. The van der Waals surface area contributed by atoms with Crippen molar-refractivity contribution in [2.45, 2.75) is 55.7 Å². The highest BCUT2D eigenvalue weighted by Gasteiger charge is 2.28. The average Bonchev–Trinajstić information content (AvgIpc) is 2.24. The van der Waals surface area contributed by atoms with Crippen molar-refractivity contribution in [3.63, 3.8) is 0 Å². The minimum absolute atomic E-state index is 0.0437. The molecule has 15 heavy (non-hydrogen) atoms. The molecule has 0 N–H and O–H groups in total. The summed E-state index contributed by atoms with van der Waals surface area (Å²) < 4.78 is 0. The topological polar surface area (TPSA) is 23.8 Å². The van der Waals surface area contributed by atoms with Crippen LogP contribution in [0.3, 0.4) is 0 Å². The highest BCUT2D eigenvalue weighted by Crippen LogP contribution is 2.27. The van der Waals surface area contributed by atoms with Crippen molar-refractivity contribution in [1.82, 2.24) is 0 Å². The van der Waals surface area contributed by atoms with Gasteiger partial charge in [0.1, 0.15) is 4.87 Å². The molecule has 0 saturated carbocycles. The number of rotatable bonds is 8. The van der Waals surface area contributed by atoms with Crippen molar-refractivity contribution in [2.24, 2.45) is 0 Å². The van der Waals surface area contributed by atoms with Crippen LogP contribution in [0.15, 0.2) is 0 Å². The number of halogens is 3. The van der Waals surface area contributed by atoms with Crippen LogP contribution in [-0.2, 0) is 0 Å². The molecule has 0 spiro atoms. The van der Waals surface area contributed by atoms with E-state index in [0.29, 0.717) is 6.42 Å². The Kier molecular flexibility index (Phi) is 8.71. The number of nitriles is 1. The molecular formula is C11H18Cl3N. The zero-order valence-corrected chi connectivity index (χ0v) is 11.4. The van der Waals surface area contributed by atoms with Crippen LogP contribution < -0.4 is 0 Å². The van der Waals surface area contributed by atoms with Gasteiger partial charge in [-0.15, -0.1) is 34.8 Å². The standard InChI is InChI=1S/C11H18Cl3N/c1-2-3-4-5-6-10(13)7-11(14,8-12)9-15/h10H,2-8H2,1H3. The number of nitrogens with zero attached hydrogens (tertiary/aromatic N) is 1. The largest absolute Gasteiger partial charge is 0.196 e. The lowest BCUT2D eigenvalue weighted by atomic mass is 10.0. The first-order valence-electron chi connectivity index (χ1n) is 5.38. The zero-order chi connectivity index (χ0) is 11.7. The Balaban J connectivity index is 3.73. The van der Waals surface area contributed by atoms with Gasteiger partial charge in [0, 0.05) is 5.38 Å². The molecule has 0 aromatic carbocycles. The number of unbranched alkanes of at least 4 members (excludes halogenated alkanes) is 3. The fourth-order valence-electron chi connectivity index (χ4n) is 1.38. The van der Waals surface area contributed by atoms with E-state index >= 15 is 0 Å². The highest BCUT2D eigenvalue weighted by atomic mass is 35.5. The quantitative estimate of drug-likeness (QED) is 0.463. The SMILES string of the molecule is CCCCCCC(Cl)CC(Cl)(C#N)CCl. The second-order valence-electron chi connectivity index (χ2n) is 3.86. The molecule has 2 unspecified atom stereocenters. The first kappa shape index (κ1) is 15.4. The number of hydrogen-bond donors (Lipinski definition) is 0. The van der Waals surface area contributed by atoms with E-state index < -0.39 is 4.87 Å². The first-order chi connectivity index (χ1) is 7.08. The third-order valence-electron chi connectivity index (χ3n) is 2.33. The Bertz CT molecular complexity index is 202. The van der Waals surface area contributed by atoms with Crippen LogP contribution in [0.1, 0.15) is 45.4 Å². The Morgan fingerprint density at radius 3 is 2.47 bits per heavy atom. The molecule has 0 heterocycles. The lowest BCUT2D eigenvalue weighted by molar-refractivity contribution is 0.570. The van der Waals surface area contributed by atoms with Crippen molar-refractivity contribution in [3.8, 4) is 6.07 Å². The van der Waals surface area contributed by atoms with Crippen molar-refractivity contribution in [1.29, 1.82) is 5.26 Å². The summed E-state index contributed by atoms with van der Waals surface area (Å²) in [5.74, 6) is 0.128. The molecule has 0 aromatic rings. The molecule has 0 rings (SSSR count). The minimum Gasteiger partial charge on any atom is -0.196 e. The number of alkyl halides is 3. The van der Waals surface area contributed by atoms with E-state index in [2.05, 4.69) is 6.92 Å². The van der Waals surface area contributed by atoms with Crippen LogP contribution in [0, 0.1) is 11.3 Å². The van der Waals surface area contributed by atoms with Gasteiger partial charge in [-0.25, -0.2) is 0 Å². The van der Waals surface area contributed by atoms with E-state index in [0.717, 1.165) is 12.8 Å². The third kappa shape index (κ3) is 7.28. The number of hydrogen-bond acceptors (Lipinski definition) is 1. The van der Waals surface area contributed by atoms with E-state index in [9.17, 15) is 0 Å². The molecule has 1 nitrogen and oxygen atoms in total. The maximum absolute atomic E-state index is 8.82. The van der Waals surface area contributed by atoms with Gasteiger partial charge in [0.2, 0.25) is 0 Å². The molecule has 0 aliphatic rings. The Hall–Kier alpha value is 0.360.